The van der Waals surface area contributed by atoms with Crippen molar-refractivity contribution < 1.29 is 0 Å². The molecule has 0 aromatic heterocycles. The molecule has 0 spiro atoms. The first-order valence-corrected chi connectivity index (χ1v) is 5.31. The highest BCUT2D eigenvalue weighted by molar-refractivity contribution is 9.10. The fourth-order valence-corrected chi connectivity index (χ4v) is 1.89. The molecule has 3 N–H and O–H groups in total. The number of hydrogen-bond donors (Lipinski definition) is 2. The van der Waals surface area contributed by atoms with E-state index in [-0.39, 0.29) is 0 Å². The van der Waals surface area contributed by atoms with Crippen molar-refractivity contribution in [1.29, 1.82) is 0 Å². The van der Waals surface area contributed by atoms with Crippen molar-refractivity contribution in [2.45, 2.75) is 25.4 Å². The Morgan fingerprint density at radius 2 is 2.15 bits per heavy atom. The minimum absolute atomic E-state index is 0.750. The Kier molecular flexibility index (Phi) is 2.56. The Morgan fingerprint density at radius 3 is 2.77 bits per heavy atom. The first kappa shape index (κ1) is 9.03. The molecular weight excluding hydrogens is 228 g/mol. The van der Waals surface area contributed by atoms with Gasteiger partial charge in [-0.25, -0.2) is 0 Å². The molecule has 1 aliphatic carbocycles. The molecule has 0 atom stereocenters. The molecule has 0 aliphatic heterocycles. The number of nitrogens with two attached hydrogens (primary N) is 1. The van der Waals surface area contributed by atoms with E-state index in [4.69, 9.17) is 5.73 Å². The SMILES string of the molecule is Nc1cc(Br)cc(CNC2CC2)c1. The van der Waals surface area contributed by atoms with Gasteiger partial charge in [-0.15, -0.1) is 0 Å². The van der Waals surface area contributed by atoms with Gasteiger partial charge in [-0.1, -0.05) is 15.9 Å². The Labute approximate surface area is 86.6 Å². The Bertz CT molecular complexity index is 288. The van der Waals surface area contributed by atoms with E-state index < -0.39 is 0 Å². The van der Waals surface area contributed by atoms with Crippen LogP contribution in [-0.2, 0) is 6.54 Å². The summed E-state index contributed by atoms with van der Waals surface area (Å²) in [5.41, 5.74) is 7.79. The van der Waals surface area contributed by atoms with E-state index in [0.717, 1.165) is 22.7 Å². The van der Waals surface area contributed by atoms with Gasteiger partial charge in [0, 0.05) is 22.7 Å². The summed E-state index contributed by atoms with van der Waals surface area (Å²) in [6.07, 6.45) is 2.65. The molecular formula is C10H13BrN2. The zero-order valence-corrected chi connectivity index (χ0v) is 8.97. The quantitative estimate of drug-likeness (QED) is 0.797. The van der Waals surface area contributed by atoms with Gasteiger partial charge in [-0.05, 0) is 36.6 Å². The molecule has 1 aromatic rings. The Balaban J connectivity index is 2.01. The second kappa shape index (κ2) is 3.68. The third kappa shape index (κ3) is 2.71. The first-order valence-electron chi connectivity index (χ1n) is 4.52. The van der Waals surface area contributed by atoms with Gasteiger partial charge in [0.2, 0.25) is 0 Å². The number of hydrogen-bond acceptors (Lipinski definition) is 2. The molecule has 0 radical (unpaired) electrons. The van der Waals surface area contributed by atoms with Crippen LogP contribution in [0.25, 0.3) is 0 Å². The molecule has 13 heavy (non-hydrogen) atoms. The van der Waals surface area contributed by atoms with Crippen molar-refractivity contribution in [2.75, 3.05) is 5.73 Å². The molecule has 1 aromatic carbocycles. The van der Waals surface area contributed by atoms with Crippen LogP contribution in [0.3, 0.4) is 0 Å². The lowest BCUT2D eigenvalue weighted by molar-refractivity contribution is 0.688. The van der Waals surface area contributed by atoms with Gasteiger partial charge in [0.1, 0.15) is 0 Å². The lowest BCUT2D eigenvalue weighted by Crippen LogP contribution is -2.15. The van der Waals surface area contributed by atoms with Crippen LogP contribution in [0.5, 0.6) is 0 Å². The predicted molar refractivity (Wildman–Crippen MR) is 58.4 cm³/mol. The maximum Gasteiger partial charge on any atom is 0.0328 e. The van der Waals surface area contributed by atoms with Crippen LogP contribution in [0, 0.1) is 0 Å². The third-order valence-electron chi connectivity index (χ3n) is 2.15. The fourth-order valence-electron chi connectivity index (χ4n) is 1.33. The summed E-state index contributed by atoms with van der Waals surface area (Å²) < 4.78 is 1.06. The topological polar surface area (TPSA) is 38.0 Å². The molecule has 1 fully saturated rings. The van der Waals surface area contributed by atoms with Crippen molar-refractivity contribution in [2.24, 2.45) is 0 Å². The number of anilines is 1. The van der Waals surface area contributed by atoms with Gasteiger partial charge in [-0.3, -0.25) is 0 Å². The van der Waals surface area contributed by atoms with Crippen LogP contribution < -0.4 is 11.1 Å². The highest BCUT2D eigenvalue weighted by atomic mass is 79.9. The monoisotopic (exact) mass is 240 g/mol. The van der Waals surface area contributed by atoms with E-state index in [2.05, 4.69) is 27.3 Å². The van der Waals surface area contributed by atoms with Crippen molar-refractivity contribution in [3.8, 4) is 0 Å². The number of nitrogen functional groups attached to an aromatic ring is 1. The van der Waals surface area contributed by atoms with Gasteiger partial charge >= 0.3 is 0 Å². The zero-order chi connectivity index (χ0) is 9.26. The summed E-state index contributed by atoms with van der Waals surface area (Å²) >= 11 is 3.43. The molecule has 0 bridgehead atoms. The molecule has 3 heteroatoms. The smallest absolute Gasteiger partial charge is 0.0328 e. The van der Waals surface area contributed by atoms with E-state index in [9.17, 15) is 0 Å². The molecule has 0 amide bonds. The minimum atomic E-state index is 0.750. The molecule has 70 valence electrons. The standard InChI is InChI=1S/C10H13BrN2/c11-8-3-7(4-9(12)5-8)6-13-10-1-2-10/h3-5,10,13H,1-2,6,12H2. The molecule has 0 heterocycles. The van der Waals surface area contributed by atoms with Crippen LogP contribution in [-0.4, -0.2) is 6.04 Å². The van der Waals surface area contributed by atoms with Gasteiger partial charge in [-0.2, -0.15) is 0 Å². The lowest BCUT2D eigenvalue weighted by atomic mass is 10.2. The molecule has 1 saturated carbocycles. The summed E-state index contributed by atoms with van der Waals surface area (Å²) in [5, 5.41) is 3.45. The third-order valence-corrected chi connectivity index (χ3v) is 2.61. The number of benzene rings is 1. The summed E-state index contributed by atoms with van der Waals surface area (Å²) in [5.74, 6) is 0. The van der Waals surface area contributed by atoms with Crippen molar-refractivity contribution in [3.63, 3.8) is 0 Å². The van der Waals surface area contributed by atoms with Crippen molar-refractivity contribution in [1.82, 2.24) is 5.32 Å². The molecule has 2 rings (SSSR count). The number of nitrogens with one attached hydrogen (secondary N) is 1. The minimum Gasteiger partial charge on any atom is -0.399 e. The highest BCUT2D eigenvalue weighted by Gasteiger charge is 2.19. The van der Waals surface area contributed by atoms with Gasteiger partial charge < -0.3 is 11.1 Å². The van der Waals surface area contributed by atoms with Gasteiger partial charge in [0.05, 0.1) is 0 Å². The summed E-state index contributed by atoms with van der Waals surface area (Å²) in [4.78, 5) is 0. The number of halogens is 1. The maximum absolute atomic E-state index is 5.72. The second-order valence-electron chi connectivity index (χ2n) is 3.55. The average molecular weight is 241 g/mol. The largest absolute Gasteiger partial charge is 0.399 e. The van der Waals surface area contributed by atoms with Crippen LogP contribution in [0.4, 0.5) is 5.69 Å². The summed E-state index contributed by atoms with van der Waals surface area (Å²) in [6, 6.07) is 6.78. The van der Waals surface area contributed by atoms with Crippen molar-refractivity contribution in [3.05, 3.63) is 28.2 Å². The van der Waals surface area contributed by atoms with Crippen LogP contribution >= 0.6 is 15.9 Å². The molecule has 0 unspecified atom stereocenters. The fraction of sp³-hybridized carbons (Fsp3) is 0.400. The predicted octanol–water partition coefficient (Wildman–Crippen LogP) is 2.28. The van der Waals surface area contributed by atoms with E-state index in [1.165, 1.54) is 18.4 Å². The van der Waals surface area contributed by atoms with Crippen LogP contribution in [0.15, 0.2) is 22.7 Å². The van der Waals surface area contributed by atoms with Crippen LogP contribution in [0.2, 0.25) is 0 Å². The lowest BCUT2D eigenvalue weighted by Gasteiger charge is -2.04. The first-order chi connectivity index (χ1) is 6.24. The highest BCUT2D eigenvalue weighted by Crippen LogP contribution is 2.21. The van der Waals surface area contributed by atoms with E-state index in [0.29, 0.717) is 0 Å². The van der Waals surface area contributed by atoms with Gasteiger partial charge in [0.25, 0.3) is 0 Å². The van der Waals surface area contributed by atoms with Gasteiger partial charge in [0.15, 0.2) is 0 Å². The van der Waals surface area contributed by atoms with E-state index in [1.54, 1.807) is 0 Å². The molecule has 0 saturated heterocycles. The van der Waals surface area contributed by atoms with Crippen LogP contribution in [0.1, 0.15) is 18.4 Å². The van der Waals surface area contributed by atoms with E-state index >= 15 is 0 Å². The Morgan fingerprint density at radius 1 is 1.38 bits per heavy atom. The van der Waals surface area contributed by atoms with E-state index in [1.807, 2.05) is 12.1 Å². The average Bonchev–Trinajstić information content (AvgIpc) is 2.81. The maximum atomic E-state index is 5.72. The molecule has 2 nitrogen and oxygen atoms in total. The second-order valence-corrected chi connectivity index (χ2v) is 4.46. The summed E-state index contributed by atoms with van der Waals surface area (Å²) in [6.45, 7) is 0.925. The number of rotatable bonds is 3. The summed E-state index contributed by atoms with van der Waals surface area (Å²) in [7, 11) is 0. The molecule has 1 aliphatic rings. The Hall–Kier alpha value is -0.540. The normalized spacial score (nSPS) is 16.1. The van der Waals surface area contributed by atoms with Crippen molar-refractivity contribution >= 4 is 21.6 Å². The zero-order valence-electron chi connectivity index (χ0n) is 7.39.